The van der Waals surface area contributed by atoms with Crippen LogP contribution in [0.25, 0.3) is 0 Å². The Hall–Kier alpha value is -2.24. The number of hydrogen-bond donors (Lipinski definition) is 1. The van der Waals surface area contributed by atoms with Crippen LogP contribution in [0.4, 0.5) is 4.79 Å². The van der Waals surface area contributed by atoms with Crippen molar-refractivity contribution in [3.8, 4) is 5.75 Å². The highest BCUT2D eigenvalue weighted by Crippen LogP contribution is 2.20. The highest BCUT2D eigenvalue weighted by atomic mass is 16.5. The quantitative estimate of drug-likeness (QED) is 0.863. The maximum atomic E-state index is 12.3. The Kier molecular flexibility index (Phi) is 6.24. The summed E-state index contributed by atoms with van der Waals surface area (Å²) in [7, 11) is 0. The van der Waals surface area contributed by atoms with Gasteiger partial charge in [-0.3, -0.25) is 4.79 Å². The van der Waals surface area contributed by atoms with Gasteiger partial charge in [0.25, 0.3) is 0 Å². The summed E-state index contributed by atoms with van der Waals surface area (Å²) in [5.74, 6) is 1.43. The van der Waals surface area contributed by atoms with Crippen molar-refractivity contribution in [2.24, 2.45) is 11.8 Å². The summed E-state index contributed by atoms with van der Waals surface area (Å²) in [6.45, 7) is 9.36. The van der Waals surface area contributed by atoms with Crippen molar-refractivity contribution in [3.63, 3.8) is 0 Å². The average molecular weight is 373 g/mol. The number of nitrogens with one attached hydrogen (secondary N) is 1. The third-order valence-electron chi connectivity index (χ3n) is 5.33. The lowest BCUT2D eigenvalue weighted by Crippen LogP contribution is -2.59. The summed E-state index contributed by atoms with van der Waals surface area (Å²) in [5.41, 5.74) is 1.20. The first-order valence-electron chi connectivity index (χ1n) is 9.97. The Morgan fingerprint density at radius 1 is 1.15 bits per heavy atom. The molecule has 1 atom stereocenters. The number of rotatable bonds is 5. The van der Waals surface area contributed by atoms with Gasteiger partial charge < -0.3 is 19.9 Å². The Morgan fingerprint density at radius 2 is 1.85 bits per heavy atom. The molecule has 0 radical (unpaired) electrons. The van der Waals surface area contributed by atoms with E-state index in [9.17, 15) is 9.59 Å². The fraction of sp³-hybridized carbons (Fsp3) is 0.619. The van der Waals surface area contributed by atoms with E-state index in [1.165, 1.54) is 5.56 Å². The van der Waals surface area contributed by atoms with E-state index in [2.05, 4.69) is 5.32 Å². The smallest absolute Gasteiger partial charge is 0.317 e. The lowest BCUT2D eigenvalue weighted by molar-refractivity contribution is -0.136. The molecular formula is C21H31N3O3. The lowest BCUT2D eigenvalue weighted by atomic mass is 9.97. The van der Waals surface area contributed by atoms with Crippen molar-refractivity contribution >= 4 is 11.9 Å². The molecule has 0 saturated carbocycles. The van der Waals surface area contributed by atoms with Crippen molar-refractivity contribution in [1.82, 2.24) is 15.1 Å². The minimum atomic E-state index is -0.0361. The topological polar surface area (TPSA) is 61.9 Å². The van der Waals surface area contributed by atoms with Gasteiger partial charge in [0, 0.05) is 25.6 Å². The maximum absolute atomic E-state index is 12.3. The summed E-state index contributed by atoms with van der Waals surface area (Å²) in [5, 5.41) is 3.03. The van der Waals surface area contributed by atoms with Gasteiger partial charge in [0.15, 0.2) is 0 Å². The van der Waals surface area contributed by atoms with Crippen molar-refractivity contribution in [3.05, 3.63) is 29.8 Å². The number of carbonyl (C=O) groups excluding carboxylic acids is 2. The van der Waals surface area contributed by atoms with E-state index in [0.717, 1.165) is 31.7 Å². The molecule has 27 heavy (non-hydrogen) atoms. The second-order valence-electron chi connectivity index (χ2n) is 8.09. The second-order valence-corrected chi connectivity index (χ2v) is 8.09. The van der Waals surface area contributed by atoms with Crippen molar-refractivity contribution in [2.75, 3.05) is 32.7 Å². The molecule has 2 aliphatic rings. The Bertz CT molecular complexity index is 653. The molecule has 1 unspecified atom stereocenters. The zero-order valence-corrected chi connectivity index (χ0v) is 16.6. The molecule has 0 spiro atoms. The Morgan fingerprint density at radius 3 is 2.52 bits per heavy atom. The van der Waals surface area contributed by atoms with Gasteiger partial charge >= 0.3 is 6.03 Å². The SMILES string of the molecule is Cc1ccc(OC2CN(C(=O)NCC3CCCN(C(=O)C(C)C)C3)C2)cc1. The predicted molar refractivity (Wildman–Crippen MR) is 105 cm³/mol. The molecule has 6 nitrogen and oxygen atoms in total. The van der Waals surface area contributed by atoms with Gasteiger partial charge in [0.1, 0.15) is 11.9 Å². The highest BCUT2D eigenvalue weighted by Gasteiger charge is 2.33. The third-order valence-corrected chi connectivity index (χ3v) is 5.33. The number of aryl methyl sites for hydroxylation is 1. The molecule has 0 bridgehead atoms. The predicted octanol–water partition coefficient (Wildman–Crippen LogP) is 2.66. The second kappa shape index (κ2) is 8.63. The lowest BCUT2D eigenvalue weighted by Gasteiger charge is -2.39. The molecule has 148 valence electrons. The summed E-state index contributed by atoms with van der Waals surface area (Å²) >= 11 is 0. The highest BCUT2D eigenvalue weighted by molar-refractivity contribution is 5.78. The average Bonchev–Trinajstić information content (AvgIpc) is 2.63. The number of benzene rings is 1. The molecular weight excluding hydrogens is 342 g/mol. The molecule has 3 rings (SSSR count). The number of hydrogen-bond acceptors (Lipinski definition) is 3. The Balaban J connectivity index is 1.36. The summed E-state index contributed by atoms with van der Waals surface area (Å²) in [6.07, 6.45) is 2.13. The van der Waals surface area contributed by atoms with Crippen LogP contribution in [0.5, 0.6) is 5.75 Å². The van der Waals surface area contributed by atoms with Crippen molar-refractivity contribution in [2.45, 2.75) is 39.7 Å². The van der Waals surface area contributed by atoms with Gasteiger partial charge in [-0.1, -0.05) is 31.5 Å². The first kappa shape index (κ1) is 19.5. The summed E-state index contributed by atoms with van der Waals surface area (Å²) < 4.78 is 5.88. The number of ether oxygens (including phenoxy) is 1. The van der Waals surface area contributed by atoms with Gasteiger partial charge in [0.05, 0.1) is 13.1 Å². The molecule has 2 saturated heterocycles. The normalized spacial score (nSPS) is 20.4. The van der Waals surface area contributed by atoms with Crippen molar-refractivity contribution in [1.29, 1.82) is 0 Å². The molecule has 1 aromatic rings. The minimum absolute atomic E-state index is 0.0323. The maximum Gasteiger partial charge on any atom is 0.317 e. The molecule has 0 aromatic heterocycles. The number of likely N-dealkylation sites (tertiary alicyclic amines) is 2. The van der Waals surface area contributed by atoms with E-state index in [1.54, 1.807) is 4.90 Å². The van der Waals surface area contributed by atoms with E-state index in [-0.39, 0.29) is 24.0 Å². The summed E-state index contributed by atoms with van der Waals surface area (Å²) in [6, 6.07) is 7.94. The molecule has 2 fully saturated rings. The molecule has 6 heteroatoms. The van der Waals surface area contributed by atoms with Crippen LogP contribution < -0.4 is 10.1 Å². The molecule has 2 aliphatic heterocycles. The molecule has 1 aromatic carbocycles. The first-order chi connectivity index (χ1) is 12.9. The van der Waals surface area contributed by atoms with Gasteiger partial charge in [-0.2, -0.15) is 0 Å². The van der Waals surface area contributed by atoms with Crippen LogP contribution in [0.3, 0.4) is 0 Å². The van der Waals surface area contributed by atoms with Gasteiger partial charge in [-0.05, 0) is 37.8 Å². The Labute approximate surface area is 161 Å². The summed E-state index contributed by atoms with van der Waals surface area (Å²) in [4.78, 5) is 28.2. The molecule has 3 amide bonds. The van der Waals surface area contributed by atoms with Crippen LogP contribution in [0, 0.1) is 18.8 Å². The number of nitrogens with zero attached hydrogens (tertiary/aromatic N) is 2. The van der Waals surface area contributed by atoms with Crippen LogP contribution in [-0.2, 0) is 4.79 Å². The number of urea groups is 1. The van der Waals surface area contributed by atoms with E-state index in [4.69, 9.17) is 4.74 Å². The van der Waals surface area contributed by atoms with Crippen LogP contribution >= 0.6 is 0 Å². The van der Waals surface area contributed by atoms with E-state index < -0.39 is 0 Å². The van der Waals surface area contributed by atoms with Gasteiger partial charge in [-0.15, -0.1) is 0 Å². The standard InChI is InChI=1S/C21H31N3O3/c1-15(2)20(25)23-10-4-5-17(12-23)11-22-21(26)24-13-19(14-24)27-18-8-6-16(3)7-9-18/h6-9,15,17,19H,4-5,10-14H2,1-3H3,(H,22,26). The van der Waals surface area contributed by atoms with E-state index >= 15 is 0 Å². The number of amides is 3. The molecule has 1 N–H and O–H groups in total. The van der Waals surface area contributed by atoms with Gasteiger partial charge in [-0.25, -0.2) is 4.79 Å². The number of carbonyl (C=O) groups is 2. The number of piperidine rings is 1. The third kappa shape index (κ3) is 5.15. The van der Waals surface area contributed by atoms with E-state index in [0.29, 0.717) is 25.6 Å². The van der Waals surface area contributed by atoms with Crippen LogP contribution in [0.2, 0.25) is 0 Å². The van der Waals surface area contributed by atoms with Crippen LogP contribution in [0.1, 0.15) is 32.3 Å². The zero-order chi connectivity index (χ0) is 19.4. The minimum Gasteiger partial charge on any atom is -0.487 e. The van der Waals surface area contributed by atoms with Crippen LogP contribution in [0.15, 0.2) is 24.3 Å². The first-order valence-corrected chi connectivity index (χ1v) is 9.97. The largest absolute Gasteiger partial charge is 0.487 e. The van der Waals surface area contributed by atoms with Crippen LogP contribution in [-0.4, -0.2) is 60.6 Å². The molecule has 2 heterocycles. The monoisotopic (exact) mass is 373 g/mol. The molecule has 0 aliphatic carbocycles. The fourth-order valence-electron chi connectivity index (χ4n) is 3.63. The van der Waals surface area contributed by atoms with E-state index in [1.807, 2.05) is 49.9 Å². The zero-order valence-electron chi connectivity index (χ0n) is 16.6. The fourth-order valence-corrected chi connectivity index (χ4v) is 3.63. The van der Waals surface area contributed by atoms with Gasteiger partial charge in [0.2, 0.25) is 5.91 Å². The van der Waals surface area contributed by atoms with Crippen molar-refractivity contribution < 1.29 is 14.3 Å².